The van der Waals surface area contributed by atoms with Crippen molar-refractivity contribution < 1.29 is 47.1 Å². The summed E-state index contributed by atoms with van der Waals surface area (Å²) in [6.07, 6.45) is 0. The van der Waals surface area contributed by atoms with Crippen molar-refractivity contribution in [3.8, 4) is 11.1 Å². The van der Waals surface area contributed by atoms with E-state index < -0.39 is 90.1 Å². The van der Waals surface area contributed by atoms with Gasteiger partial charge in [-0.2, -0.15) is 0 Å². The molecule has 0 fully saturated rings. The fraction of sp³-hybridized carbons (Fsp3) is 0.0769. The second kappa shape index (κ2) is 5.47. The van der Waals surface area contributed by atoms with E-state index in [-0.39, 0.29) is 0 Å². The number of halogens is 9. The van der Waals surface area contributed by atoms with Crippen LogP contribution in [0, 0.1) is 46.5 Å². The van der Waals surface area contributed by atoms with Crippen molar-refractivity contribution in [1.82, 2.24) is 0 Å². The molecule has 2 aromatic rings. The molecule has 0 N–H and O–H groups in total. The Hall–Kier alpha value is -2.06. The van der Waals surface area contributed by atoms with E-state index >= 15 is 4.39 Å². The summed E-state index contributed by atoms with van der Waals surface area (Å²) in [5, 5.41) is 0. The molecule has 0 spiro atoms. The van der Waals surface area contributed by atoms with Crippen LogP contribution in [0.5, 0.6) is 0 Å². The molecule has 25 heavy (non-hydrogen) atoms. The van der Waals surface area contributed by atoms with Crippen LogP contribution in [-0.2, 0) is 13.4 Å². The fourth-order valence-corrected chi connectivity index (χ4v) is 3.01. The zero-order valence-electron chi connectivity index (χ0n) is 11.3. The first-order valence-corrected chi connectivity index (χ1v) is 7.07. The first-order chi connectivity index (χ1) is 11.6. The third-order valence-corrected chi connectivity index (χ3v) is 4.06. The van der Waals surface area contributed by atoms with E-state index in [4.69, 9.17) is 0 Å². The zero-order chi connectivity index (χ0) is 18.8. The predicted octanol–water partition coefficient (Wildman–Crippen LogP) is 3.93. The Morgan fingerprint density at radius 3 is 1.24 bits per heavy atom. The second-order valence-electron chi connectivity index (χ2n) is 4.82. The normalized spacial score (nSPS) is 14.1. The van der Waals surface area contributed by atoms with Gasteiger partial charge in [-0.3, -0.25) is 0 Å². The summed E-state index contributed by atoms with van der Waals surface area (Å²) in [5.41, 5.74) is -7.36. The molecule has 0 aliphatic heterocycles. The SMILES string of the molecule is [O]=[Al][O]C1(F)c2c(F)c(F)c(F)c(F)c2-c2c(F)c(F)c(F)c(F)c21. The van der Waals surface area contributed by atoms with E-state index in [1.807, 2.05) is 0 Å². The molecular formula is C13AlF9O2. The van der Waals surface area contributed by atoms with E-state index in [1.54, 1.807) is 0 Å². The van der Waals surface area contributed by atoms with E-state index in [1.165, 1.54) is 0 Å². The Bertz CT molecular complexity index is 890. The van der Waals surface area contributed by atoms with Gasteiger partial charge in [-0.05, 0) is 0 Å². The van der Waals surface area contributed by atoms with Crippen LogP contribution in [0.15, 0.2) is 0 Å². The van der Waals surface area contributed by atoms with E-state index in [2.05, 4.69) is 3.79 Å². The third kappa shape index (κ3) is 2.01. The van der Waals surface area contributed by atoms with Crippen molar-refractivity contribution in [1.29, 1.82) is 0 Å². The van der Waals surface area contributed by atoms with Gasteiger partial charge in [0.25, 0.3) is 0 Å². The number of benzene rings is 2. The topological polar surface area (TPSA) is 26.3 Å². The number of fused-ring (bicyclic) bond motifs is 3. The summed E-state index contributed by atoms with van der Waals surface area (Å²) in [6, 6.07) is 0. The predicted molar refractivity (Wildman–Crippen MR) is 61.0 cm³/mol. The molecule has 2 aromatic carbocycles. The molecule has 0 atom stereocenters. The number of alkyl halides is 1. The van der Waals surface area contributed by atoms with Crippen LogP contribution in [0.2, 0.25) is 0 Å². The molecule has 0 amide bonds. The van der Waals surface area contributed by atoms with Crippen molar-refractivity contribution in [3.63, 3.8) is 0 Å². The molecule has 1 aliphatic carbocycles. The number of hydrogen-bond acceptors (Lipinski definition) is 2. The standard InChI is InChI=1S/C13F9O.Al.O/c14-5-1-2-4(8(17)12(21)10(19)6(2)15)13(22,23)3(1)7(16)11(20)9(5)18;;/q-1;+1;. The van der Waals surface area contributed by atoms with Crippen LogP contribution < -0.4 is 0 Å². The summed E-state index contributed by atoms with van der Waals surface area (Å²) < 4.78 is 139. The Kier molecular flexibility index (Phi) is 3.89. The van der Waals surface area contributed by atoms with Gasteiger partial charge in [0, 0.05) is 0 Å². The summed E-state index contributed by atoms with van der Waals surface area (Å²) >= 11 is -2.68. The van der Waals surface area contributed by atoms with Crippen molar-refractivity contribution in [3.05, 3.63) is 57.7 Å². The molecule has 130 valence electrons. The minimum atomic E-state index is -4.18. The number of hydrogen-bond donors (Lipinski definition) is 0. The quantitative estimate of drug-likeness (QED) is 0.339. The minimum absolute atomic E-state index is 1.75. The molecule has 0 saturated heterocycles. The first-order valence-electron chi connectivity index (χ1n) is 6.13. The Morgan fingerprint density at radius 2 is 0.920 bits per heavy atom. The summed E-state index contributed by atoms with van der Waals surface area (Å²) in [7, 11) is 0. The molecule has 3 rings (SSSR count). The van der Waals surface area contributed by atoms with Crippen molar-refractivity contribution in [2.45, 2.75) is 5.85 Å². The fourth-order valence-electron chi connectivity index (χ4n) is 2.65. The van der Waals surface area contributed by atoms with Gasteiger partial charge in [-0.1, -0.05) is 0 Å². The first kappa shape index (κ1) is 17.8. The zero-order valence-corrected chi connectivity index (χ0v) is 12.5. The van der Waals surface area contributed by atoms with Crippen LogP contribution >= 0.6 is 0 Å². The van der Waals surface area contributed by atoms with Gasteiger partial charge >= 0.3 is 137 Å². The van der Waals surface area contributed by atoms with Crippen molar-refractivity contribution in [2.24, 2.45) is 0 Å². The summed E-state index contributed by atoms with van der Waals surface area (Å²) in [4.78, 5) is 0. The molecule has 0 saturated carbocycles. The van der Waals surface area contributed by atoms with Crippen LogP contribution in [0.1, 0.15) is 11.1 Å². The van der Waals surface area contributed by atoms with E-state index in [0.29, 0.717) is 0 Å². The Morgan fingerprint density at radius 1 is 0.600 bits per heavy atom. The van der Waals surface area contributed by atoms with Crippen LogP contribution in [0.3, 0.4) is 0 Å². The van der Waals surface area contributed by atoms with Gasteiger partial charge in [0.2, 0.25) is 0 Å². The van der Waals surface area contributed by atoms with Crippen LogP contribution in [-0.4, -0.2) is 15.5 Å². The second-order valence-corrected chi connectivity index (χ2v) is 5.25. The van der Waals surface area contributed by atoms with E-state index in [0.717, 1.165) is 0 Å². The van der Waals surface area contributed by atoms with Gasteiger partial charge in [0.05, 0.1) is 0 Å². The van der Waals surface area contributed by atoms with Gasteiger partial charge in [-0.25, -0.2) is 0 Å². The van der Waals surface area contributed by atoms with Gasteiger partial charge in [-0.15, -0.1) is 0 Å². The van der Waals surface area contributed by atoms with Gasteiger partial charge < -0.3 is 0 Å². The molecule has 0 radical (unpaired) electrons. The Labute approximate surface area is 138 Å². The van der Waals surface area contributed by atoms with Crippen LogP contribution in [0.4, 0.5) is 39.5 Å². The average Bonchev–Trinajstić information content (AvgIpc) is 2.84. The monoisotopic (exact) mass is 386 g/mol. The average molecular weight is 386 g/mol. The third-order valence-electron chi connectivity index (χ3n) is 3.64. The maximum absolute atomic E-state index is 15.0. The van der Waals surface area contributed by atoms with Crippen molar-refractivity contribution >= 4 is 15.5 Å². The summed E-state index contributed by atoms with van der Waals surface area (Å²) in [6.45, 7) is 0. The Balaban J connectivity index is 2.64. The molecular weight excluding hydrogens is 386 g/mol. The summed E-state index contributed by atoms with van der Waals surface area (Å²) in [5.74, 6) is -24.1. The molecule has 0 bridgehead atoms. The number of rotatable bonds is 2. The molecule has 1 aliphatic rings. The molecule has 0 unspecified atom stereocenters. The molecule has 0 heterocycles. The van der Waals surface area contributed by atoms with Crippen molar-refractivity contribution in [2.75, 3.05) is 0 Å². The molecule has 0 aromatic heterocycles. The van der Waals surface area contributed by atoms with E-state index in [9.17, 15) is 38.9 Å². The van der Waals surface area contributed by atoms with Gasteiger partial charge in [0.1, 0.15) is 0 Å². The molecule has 2 nitrogen and oxygen atoms in total. The van der Waals surface area contributed by atoms with Crippen LogP contribution in [0.25, 0.3) is 11.1 Å². The maximum atomic E-state index is 15.0. The van der Waals surface area contributed by atoms with Gasteiger partial charge in [0.15, 0.2) is 0 Å². The molecule has 12 heteroatoms.